The molecule has 0 radical (unpaired) electrons. The molecule has 0 spiro atoms. The summed E-state index contributed by atoms with van der Waals surface area (Å²) in [6.07, 6.45) is 4.12. The van der Waals surface area contributed by atoms with Gasteiger partial charge in [0.15, 0.2) is 0 Å². The van der Waals surface area contributed by atoms with Crippen LogP contribution in [0.25, 0.3) is 0 Å². The molecular weight excluding hydrogens is 268 g/mol. The highest BCUT2D eigenvalue weighted by molar-refractivity contribution is 4.81. The molecule has 2 N–H and O–H groups in total. The SMILES string of the molecule is CCCCOCCOCC(O)CNC1CCN(C)C(C)C1. The van der Waals surface area contributed by atoms with E-state index in [0.717, 1.165) is 38.8 Å². The highest BCUT2D eigenvalue weighted by atomic mass is 16.5. The molecule has 1 heterocycles. The maximum Gasteiger partial charge on any atom is 0.0897 e. The predicted octanol–water partition coefficient (Wildman–Crippen LogP) is 1.25. The maximum atomic E-state index is 9.90. The Hall–Kier alpha value is -0.200. The molecule has 0 aromatic heterocycles. The summed E-state index contributed by atoms with van der Waals surface area (Å²) in [7, 11) is 2.17. The number of piperidine rings is 1. The van der Waals surface area contributed by atoms with Gasteiger partial charge in [0.05, 0.1) is 25.9 Å². The van der Waals surface area contributed by atoms with E-state index in [1.54, 1.807) is 0 Å². The Bertz CT molecular complexity index is 254. The van der Waals surface area contributed by atoms with E-state index in [9.17, 15) is 5.11 Å². The van der Waals surface area contributed by atoms with E-state index >= 15 is 0 Å². The fourth-order valence-corrected chi connectivity index (χ4v) is 2.52. The van der Waals surface area contributed by atoms with Gasteiger partial charge in [-0.05, 0) is 39.8 Å². The molecule has 0 aliphatic carbocycles. The number of nitrogens with zero attached hydrogens (tertiary/aromatic N) is 1. The first-order valence-electron chi connectivity index (χ1n) is 8.40. The summed E-state index contributed by atoms with van der Waals surface area (Å²) in [6.45, 7) is 8.50. The lowest BCUT2D eigenvalue weighted by atomic mass is 9.99. The number of nitrogens with one attached hydrogen (secondary N) is 1. The van der Waals surface area contributed by atoms with Crippen LogP contribution in [0.1, 0.15) is 39.5 Å². The van der Waals surface area contributed by atoms with Crippen LogP contribution in [0.5, 0.6) is 0 Å². The molecule has 0 saturated carbocycles. The van der Waals surface area contributed by atoms with Crippen molar-refractivity contribution in [3.63, 3.8) is 0 Å². The van der Waals surface area contributed by atoms with E-state index in [4.69, 9.17) is 9.47 Å². The Labute approximate surface area is 130 Å². The standard InChI is InChI=1S/C16H34N2O3/c1-4-5-8-20-9-10-21-13-16(19)12-17-15-6-7-18(3)14(2)11-15/h14-17,19H,4-13H2,1-3H3. The first-order valence-corrected chi connectivity index (χ1v) is 8.40. The molecule has 1 fully saturated rings. The van der Waals surface area contributed by atoms with Crippen LogP contribution in [-0.4, -0.2) is 74.8 Å². The molecule has 5 nitrogen and oxygen atoms in total. The van der Waals surface area contributed by atoms with E-state index in [0.29, 0.717) is 38.4 Å². The molecule has 0 bridgehead atoms. The molecule has 1 rings (SSSR count). The number of hydrogen-bond acceptors (Lipinski definition) is 5. The van der Waals surface area contributed by atoms with Gasteiger partial charge < -0.3 is 24.8 Å². The van der Waals surface area contributed by atoms with Crippen molar-refractivity contribution < 1.29 is 14.6 Å². The molecule has 3 unspecified atom stereocenters. The third-order valence-corrected chi connectivity index (χ3v) is 4.17. The summed E-state index contributed by atoms with van der Waals surface area (Å²) in [6, 6.07) is 1.13. The first-order chi connectivity index (χ1) is 10.1. The average molecular weight is 302 g/mol. The van der Waals surface area contributed by atoms with Gasteiger partial charge in [0.25, 0.3) is 0 Å². The van der Waals surface area contributed by atoms with Gasteiger partial charge in [-0.25, -0.2) is 0 Å². The minimum absolute atomic E-state index is 0.381. The Balaban J connectivity index is 1.95. The van der Waals surface area contributed by atoms with Crippen LogP contribution < -0.4 is 5.32 Å². The lowest BCUT2D eigenvalue weighted by Crippen LogP contribution is -2.47. The Morgan fingerprint density at radius 3 is 2.76 bits per heavy atom. The lowest BCUT2D eigenvalue weighted by molar-refractivity contribution is 0.00231. The molecular formula is C16H34N2O3. The first kappa shape index (κ1) is 18.8. The zero-order valence-electron chi connectivity index (χ0n) is 14.0. The largest absolute Gasteiger partial charge is 0.389 e. The van der Waals surface area contributed by atoms with Crippen molar-refractivity contribution in [3.05, 3.63) is 0 Å². The molecule has 1 aliphatic heterocycles. The van der Waals surface area contributed by atoms with E-state index in [1.807, 2.05) is 0 Å². The van der Waals surface area contributed by atoms with Gasteiger partial charge in [0, 0.05) is 25.2 Å². The van der Waals surface area contributed by atoms with E-state index in [1.165, 1.54) is 0 Å². The third kappa shape index (κ3) is 8.73. The van der Waals surface area contributed by atoms with Crippen molar-refractivity contribution in [2.24, 2.45) is 0 Å². The molecule has 1 saturated heterocycles. The summed E-state index contributed by atoms with van der Waals surface area (Å²) in [5.74, 6) is 0. The van der Waals surface area contributed by atoms with Gasteiger partial charge in [0.1, 0.15) is 0 Å². The number of hydrogen-bond donors (Lipinski definition) is 2. The van der Waals surface area contributed by atoms with Crippen LogP contribution in [0.3, 0.4) is 0 Å². The van der Waals surface area contributed by atoms with Crippen molar-refractivity contribution in [2.45, 2.75) is 57.7 Å². The summed E-state index contributed by atoms with van der Waals surface area (Å²) >= 11 is 0. The molecule has 0 aromatic carbocycles. The van der Waals surface area contributed by atoms with Crippen molar-refractivity contribution in [1.29, 1.82) is 0 Å². The van der Waals surface area contributed by atoms with Crippen molar-refractivity contribution >= 4 is 0 Å². The smallest absolute Gasteiger partial charge is 0.0897 e. The minimum atomic E-state index is -0.435. The second-order valence-electron chi connectivity index (χ2n) is 6.15. The van der Waals surface area contributed by atoms with Gasteiger partial charge in [-0.2, -0.15) is 0 Å². The van der Waals surface area contributed by atoms with E-state index in [-0.39, 0.29) is 0 Å². The van der Waals surface area contributed by atoms with E-state index < -0.39 is 6.10 Å². The second kappa shape index (κ2) is 11.4. The summed E-state index contributed by atoms with van der Waals surface area (Å²) in [5, 5.41) is 13.4. The zero-order valence-corrected chi connectivity index (χ0v) is 14.0. The van der Waals surface area contributed by atoms with Gasteiger partial charge in [-0.3, -0.25) is 0 Å². The van der Waals surface area contributed by atoms with Crippen LogP contribution in [-0.2, 0) is 9.47 Å². The number of rotatable bonds is 11. The average Bonchev–Trinajstić information content (AvgIpc) is 2.47. The summed E-state index contributed by atoms with van der Waals surface area (Å²) in [4.78, 5) is 2.39. The Morgan fingerprint density at radius 1 is 1.29 bits per heavy atom. The molecule has 0 amide bonds. The third-order valence-electron chi connectivity index (χ3n) is 4.17. The number of ether oxygens (including phenoxy) is 2. The van der Waals surface area contributed by atoms with Crippen LogP contribution in [0.4, 0.5) is 0 Å². The number of likely N-dealkylation sites (tertiary alicyclic amines) is 1. The molecule has 126 valence electrons. The Kier molecular flexibility index (Phi) is 10.2. The van der Waals surface area contributed by atoms with Crippen LogP contribution in [0.15, 0.2) is 0 Å². The topological polar surface area (TPSA) is 54.0 Å². The zero-order chi connectivity index (χ0) is 15.5. The quantitative estimate of drug-likeness (QED) is 0.563. The van der Waals surface area contributed by atoms with Gasteiger partial charge in [0.2, 0.25) is 0 Å². The molecule has 3 atom stereocenters. The molecule has 0 aromatic rings. The predicted molar refractivity (Wildman–Crippen MR) is 85.7 cm³/mol. The summed E-state index contributed by atoms with van der Waals surface area (Å²) in [5.41, 5.74) is 0. The minimum Gasteiger partial charge on any atom is -0.389 e. The highest BCUT2D eigenvalue weighted by Crippen LogP contribution is 2.15. The second-order valence-corrected chi connectivity index (χ2v) is 6.15. The fourth-order valence-electron chi connectivity index (χ4n) is 2.52. The number of aliphatic hydroxyl groups excluding tert-OH is 1. The van der Waals surface area contributed by atoms with Gasteiger partial charge >= 0.3 is 0 Å². The van der Waals surface area contributed by atoms with Crippen LogP contribution in [0, 0.1) is 0 Å². The van der Waals surface area contributed by atoms with Crippen molar-refractivity contribution in [3.8, 4) is 0 Å². The summed E-state index contributed by atoms with van der Waals surface area (Å²) < 4.78 is 10.8. The molecule has 5 heteroatoms. The normalized spacial score (nSPS) is 25.1. The fraction of sp³-hybridized carbons (Fsp3) is 1.00. The number of unbranched alkanes of at least 4 members (excludes halogenated alkanes) is 1. The van der Waals surface area contributed by atoms with Crippen LogP contribution >= 0.6 is 0 Å². The lowest BCUT2D eigenvalue weighted by Gasteiger charge is -2.35. The molecule has 1 aliphatic rings. The van der Waals surface area contributed by atoms with E-state index in [2.05, 4.69) is 31.1 Å². The van der Waals surface area contributed by atoms with Crippen molar-refractivity contribution in [1.82, 2.24) is 10.2 Å². The van der Waals surface area contributed by atoms with Gasteiger partial charge in [-0.15, -0.1) is 0 Å². The molecule has 21 heavy (non-hydrogen) atoms. The Morgan fingerprint density at radius 2 is 2.05 bits per heavy atom. The van der Waals surface area contributed by atoms with Crippen LogP contribution in [0.2, 0.25) is 0 Å². The van der Waals surface area contributed by atoms with Gasteiger partial charge in [-0.1, -0.05) is 13.3 Å². The highest BCUT2D eigenvalue weighted by Gasteiger charge is 2.22. The number of aliphatic hydroxyl groups is 1. The van der Waals surface area contributed by atoms with Crippen molar-refractivity contribution in [2.75, 3.05) is 46.6 Å². The maximum absolute atomic E-state index is 9.90. The monoisotopic (exact) mass is 302 g/mol.